The fourth-order valence-corrected chi connectivity index (χ4v) is 2.55. The van der Waals surface area contributed by atoms with Crippen LogP contribution in [0.5, 0.6) is 0 Å². The van der Waals surface area contributed by atoms with E-state index in [2.05, 4.69) is 20.7 Å². The van der Waals surface area contributed by atoms with E-state index in [0.717, 1.165) is 21.7 Å². The number of hydrogen-bond donors (Lipinski definition) is 0. The molecule has 2 rings (SSSR count). The molecule has 0 atom stereocenters. The van der Waals surface area contributed by atoms with Crippen LogP contribution in [0.15, 0.2) is 46.9 Å². The Morgan fingerprint density at radius 3 is 2.29 bits per heavy atom. The Morgan fingerprint density at radius 2 is 1.71 bits per heavy atom. The average molecular weight is 395 g/mol. The van der Waals surface area contributed by atoms with Crippen LogP contribution in [0.2, 0.25) is 0 Å². The van der Waals surface area contributed by atoms with Crippen LogP contribution in [0.3, 0.4) is 0 Å². The Hall–Kier alpha value is -2.01. The molecule has 126 valence electrons. The summed E-state index contributed by atoms with van der Waals surface area (Å²) in [5.74, 6) is -3.78. The minimum Gasteiger partial charge on any atom is -0.466 e. The summed E-state index contributed by atoms with van der Waals surface area (Å²) in [7, 11) is 1.24. The topological polar surface area (TPSA) is 26.3 Å². The van der Waals surface area contributed by atoms with Crippen LogP contribution in [0.4, 0.5) is 8.78 Å². The normalized spacial score (nSPS) is 11.8. The van der Waals surface area contributed by atoms with Crippen LogP contribution in [0.25, 0.3) is 6.08 Å². The Kier molecular flexibility index (Phi) is 5.54. The van der Waals surface area contributed by atoms with Gasteiger partial charge in [0.1, 0.15) is 0 Å². The van der Waals surface area contributed by atoms with Gasteiger partial charge in [0, 0.05) is 21.7 Å². The Bertz CT molecular complexity index is 781. The van der Waals surface area contributed by atoms with E-state index in [1.807, 2.05) is 6.92 Å². The maximum atomic E-state index is 15.0. The molecule has 0 heterocycles. The average Bonchev–Trinajstić information content (AvgIpc) is 2.55. The number of esters is 1. The molecule has 0 aliphatic heterocycles. The summed E-state index contributed by atoms with van der Waals surface area (Å²) in [5, 5.41) is 0. The van der Waals surface area contributed by atoms with Gasteiger partial charge < -0.3 is 4.74 Å². The van der Waals surface area contributed by atoms with Gasteiger partial charge in [-0.2, -0.15) is 8.78 Å². The second kappa shape index (κ2) is 7.26. The van der Waals surface area contributed by atoms with Crippen LogP contribution in [0.1, 0.15) is 27.8 Å². The van der Waals surface area contributed by atoms with Crippen molar-refractivity contribution in [3.8, 4) is 0 Å². The van der Waals surface area contributed by atoms with E-state index >= 15 is 8.78 Å². The fourth-order valence-electron chi connectivity index (χ4n) is 2.29. The summed E-state index contributed by atoms with van der Waals surface area (Å²) in [6, 6.07) is 9.04. The molecular weight excluding hydrogens is 378 g/mol. The Balaban J connectivity index is 2.58. The van der Waals surface area contributed by atoms with Crippen molar-refractivity contribution >= 4 is 28.0 Å². The van der Waals surface area contributed by atoms with Crippen molar-refractivity contribution in [1.82, 2.24) is 0 Å². The van der Waals surface area contributed by atoms with Crippen LogP contribution >= 0.6 is 15.9 Å². The van der Waals surface area contributed by atoms with Gasteiger partial charge in [-0.15, -0.1) is 0 Å². The fraction of sp³-hybridized carbons (Fsp3) is 0.211. The van der Waals surface area contributed by atoms with Gasteiger partial charge in [0.05, 0.1) is 7.11 Å². The number of ether oxygens (including phenoxy) is 1. The maximum Gasteiger partial charge on any atom is 0.330 e. The molecule has 0 saturated carbocycles. The molecule has 0 spiro atoms. The van der Waals surface area contributed by atoms with E-state index in [4.69, 9.17) is 0 Å². The zero-order chi connectivity index (χ0) is 17.9. The highest BCUT2D eigenvalue weighted by atomic mass is 79.9. The first kappa shape index (κ1) is 18.3. The molecule has 0 fully saturated rings. The van der Waals surface area contributed by atoms with Gasteiger partial charge >= 0.3 is 5.97 Å². The lowest BCUT2D eigenvalue weighted by molar-refractivity contribution is -0.134. The van der Waals surface area contributed by atoms with Crippen molar-refractivity contribution in [3.63, 3.8) is 0 Å². The van der Waals surface area contributed by atoms with Crippen LogP contribution in [-0.4, -0.2) is 13.1 Å². The van der Waals surface area contributed by atoms with Crippen molar-refractivity contribution < 1.29 is 18.3 Å². The minimum absolute atomic E-state index is 0.110. The van der Waals surface area contributed by atoms with Crippen molar-refractivity contribution in [1.29, 1.82) is 0 Å². The second-order valence-electron chi connectivity index (χ2n) is 5.46. The molecule has 0 aliphatic rings. The molecule has 0 radical (unpaired) electrons. The number of aryl methyl sites for hydroxylation is 2. The third-order valence-electron chi connectivity index (χ3n) is 3.81. The molecule has 0 N–H and O–H groups in total. The summed E-state index contributed by atoms with van der Waals surface area (Å²) < 4.78 is 35.3. The highest BCUT2D eigenvalue weighted by Gasteiger charge is 2.36. The molecule has 2 aromatic carbocycles. The van der Waals surface area contributed by atoms with Gasteiger partial charge in [0.2, 0.25) is 0 Å². The number of halogens is 3. The quantitative estimate of drug-likeness (QED) is 0.513. The lowest BCUT2D eigenvalue weighted by Crippen LogP contribution is -2.17. The third-order valence-corrected chi connectivity index (χ3v) is 4.34. The first-order chi connectivity index (χ1) is 11.3. The van der Waals surface area contributed by atoms with Gasteiger partial charge in [-0.25, -0.2) is 4.79 Å². The maximum absolute atomic E-state index is 15.0. The number of hydrogen-bond acceptors (Lipinski definition) is 2. The van der Waals surface area contributed by atoms with E-state index in [0.29, 0.717) is 0 Å². The molecular formula is C19H17BrF2O2. The van der Waals surface area contributed by atoms with Crippen LogP contribution in [-0.2, 0) is 15.5 Å². The summed E-state index contributed by atoms with van der Waals surface area (Å²) in [6.45, 7) is 3.62. The summed E-state index contributed by atoms with van der Waals surface area (Å²) >= 11 is 3.25. The molecule has 0 aromatic heterocycles. The van der Waals surface area contributed by atoms with Gasteiger partial charge in [0.25, 0.3) is 5.92 Å². The molecule has 2 nitrogen and oxygen atoms in total. The lowest BCUT2D eigenvalue weighted by Gasteiger charge is -2.21. The largest absolute Gasteiger partial charge is 0.466 e. The van der Waals surface area contributed by atoms with E-state index in [-0.39, 0.29) is 16.7 Å². The molecule has 0 aliphatic carbocycles. The smallest absolute Gasteiger partial charge is 0.330 e. The standard InChI is InChI=1S/C19H17BrF2O2/c1-12-10-14(4-9-18(23)24-3)17(11-13(12)2)19(21,22)15-5-7-16(20)8-6-15/h4-11H,1-3H3/b9-4+. The first-order valence-electron chi connectivity index (χ1n) is 7.27. The second-order valence-corrected chi connectivity index (χ2v) is 6.38. The van der Waals surface area contributed by atoms with E-state index < -0.39 is 11.9 Å². The molecule has 0 amide bonds. The summed E-state index contributed by atoms with van der Waals surface area (Å²) in [6.07, 6.45) is 2.51. The predicted octanol–water partition coefficient (Wildman–Crippen LogP) is 5.39. The molecule has 0 bridgehead atoms. The molecule has 24 heavy (non-hydrogen) atoms. The van der Waals surface area contributed by atoms with Gasteiger partial charge in [0.15, 0.2) is 0 Å². The van der Waals surface area contributed by atoms with Crippen LogP contribution in [0, 0.1) is 13.8 Å². The predicted molar refractivity (Wildman–Crippen MR) is 94.1 cm³/mol. The summed E-state index contributed by atoms with van der Waals surface area (Å²) in [5.41, 5.74) is 1.66. The van der Waals surface area contributed by atoms with Gasteiger partial charge in [-0.1, -0.05) is 34.1 Å². The Labute approximate surface area is 148 Å². The van der Waals surface area contributed by atoms with Crippen molar-refractivity contribution in [2.75, 3.05) is 7.11 Å². The zero-order valence-corrected chi connectivity index (χ0v) is 15.2. The van der Waals surface area contributed by atoms with Crippen molar-refractivity contribution in [2.45, 2.75) is 19.8 Å². The van der Waals surface area contributed by atoms with Crippen molar-refractivity contribution in [3.05, 3.63) is 74.8 Å². The minimum atomic E-state index is -3.19. The number of methoxy groups -OCH3 is 1. The number of alkyl halides is 2. The van der Waals surface area contributed by atoms with E-state index in [1.165, 1.54) is 31.4 Å². The van der Waals surface area contributed by atoms with Gasteiger partial charge in [-0.3, -0.25) is 0 Å². The summed E-state index contributed by atoms with van der Waals surface area (Å²) in [4.78, 5) is 11.3. The number of benzene rings is 2. The lowest BCUT2D eigenvalue weighted by atomic mass is 9.92. The van der Waals surface area contributed by atoms with E-state index in [9.17, 15) is 4.79 Å². The highest BCUT2D eigenvalue weighted by molar-refractivity contribution is 9.10. The number of carbonyl (C=O) groups excluding carboxylic acids is 1. The highest BCUT2D eigenvalue weighted by Crippen LogP contribution is 2.39. The molecule has 5 heteroatoms. The third kappa shape index (κ3) is 3.90. The van der Waals surface area contributed by atoms with Crippen LogP contribution < -0.4 is 0 Å². The van der Waals surface area contributed by atoms with Gasteiger partial charge in [-0.05, 0) is 54.8 Å². The van der Waals surface area contributed by atoms with Crippen molar-refractivity contribution in [2.24, 2.45) is 0 Å². The Morgan fingerprint density at radius 1 is 1.12 bits per heavy atom. The number of rotatable bonds is 4. The molecule has 0 saturated heterocycles. The monoisotopic (exact) mass is 394 g/mol. The zero-order valence-electron chi connectivity index (χ0n) is 13.6. The number of carbonyl (C=O) groups is 1. The van der Waals surface area contributed by atoms with E-state index in [1.54, 1.807) is 25.1 Å². The molecule has 0 unspecified atom stereocenters. The molecule has 2 aromatic rings. The SMILES string of the molecule is COC(=O)/C=C/c1cc(C)c(C)cc1C(F)(F)c1ccc(Br)cc1. The first-order valence-corrected chi connectivity index (χ1v) is 8.06.